The molecular weight excluding hydrogens is 328 g/mol. The molecule has 1 aliphatic heterocycles. The molecule has 0 radical (unpaired) electrons. The molecule has 1 saturated heterocycles. The molecule has 140 valence electrons. The molecule has 0 unspecified atom stereocenters. The van der Waals surface area contributed by atoms with Crippen molar-refractivity contribution < 1.29 is 14.5 Å². The Labute approximate surface area is 154 Å². The highest BCUT2D eigenvalue weighted by atomic mass is 16.5. The molecule has 2 fully saturated rings. The fourth-order valence-electron chi connectivity index (χ4n) is 4.53. The highest BCUT2D eigenvalue weighted by Crippen LogP contribution is 2.33. The number of aromatic nitrogens is 4. The van der Waals surface area contributed by atoms with E-state index in [1.165, 1.54) is 49.2 Å². The molecule has 0 amide bonds. The molecule has 1 saturated carbocycles. The zero-order chi connectivity index (χ0) is 17.9. The van der Waals surface area contributed by atoms with Crippen molar-refractivity contribution in [3.8, 4) is 5.75 Å². The lowest BCUT2D eigenvalue weighted by molar-refractivity contribution is -1.02. The van der Waals surface area contributed by atoms with E-state index >= 15 is 0 Å². The van der Waals surface area contributed by atoms with Gasteiger partial charge in [-0.15, -0.1) is 5.10 Å². The molecule has 1 aliphatic carbocycles. The summed E-state index contributed by atoms with van der Waals surface area (Å²) in [7, 11) is 4.02. The lowest BCUT2D eigenvalue weighted by Crippen LogP contribution is -3.27. The fourth-order valence-corrected chi connectivity index (χ4v) is 4.53. The van der Waals surface area contributed by atoms with Crippen LogP contribution in [0.5, 0.6) is 5.75 Å². The van der Waals surface area contributed by atoms with E-state index in [1.54, 1.807) is 12.0 Å². The molecule has 0 spiro atoms. The summed E-state index contributed by atoms with van der Waals surface area (Å²) in [5, 5.41) is 13.0. The summed E-state index contributed by atoms with van der Waals surface area (Å²) in [6.45, 7) is 4.58. The van der Waals surface area contributed by atoms with Gasteiger partial charge in [0.05, 0.1) is 25.8 Å². The maximum Gasteiger partial charge on any atom is 0.214 e. The van der Waals surface area contributed by atoms with Crippen molar-refractivity contribution >= 4 is 0 Å². The summed E-state index contributed by atoms with van der Waals surface area (Å²) in [5.41, 5.74) is 1.19. The van der Waals surface area contributed by atoms with Crippen molar-refractivity contribution in [3.05, 3.63) is 35.7 Å². The van der Waals surface area contributed by atoms with E-state index < -0.39 is 0 Å². The number of para-hydroxylation sites is 1. The van der Waals surface area contributed by atoms with Gasteiger partial charge in [-0.05, 0) is 35.4 Å². The molecule has 2 heterocycles. The van der Waals surface area contributed by atoms with Crippen LogP contribution in [0.25, 0.3) is 0 Å². The zero-order valence-corrected chi connectivity index (χ0v) is 15.8. The van der Waals surface area contributed by atoms with Gasteiger partial charge in [0, 0.05) is 0 Å². The first-order valence-electron chi connectivity index (χ1n) is 9.84. The number of hydrogen-bond donors (Lipinski definition) is 2. The largest absolute Gasteiger partial charge is 0.496 e. The number of nitrogens with one attached hydrogen (secondary N) is 2. The number of benzene rings is 1. The average Bonchev–Trinajstić information content (AvgIpc) is 3.35. The van der Waals surface area contributed by atoms with Crippen LogP contribution in [0.3, 0.4) is 0 Å². The molecule has 2 aromatic rings. The molecule has 1 atom stereocenters. The van der Waals surface area contributed by atoms with Crippen molar-refractivity contribution in [1.82, 2.24) is 20.2 Å². The van der Waals surface area contributed by atoms with Crippen LogP contribution in [0, 0.1) is 0 Å². The quantitative estimate of drug-likeness (QED) is 0.742. The number of piperazine rings is 1. The second kappa shape index (κ2) is 7.72. The summed E-state index contributed by atoms with van der Waals surface area (Å²) >= 11 is 0. The minimum Gasteiger partial charge on any atom is -0.496 e. The number of nitrogens with zero attached hydrogens (tertiary/aromatic N) is 4. The molecule has 4 rings (SSSR count). The minimum atomic E-state index is 0.120. The first-order chi connectivity index (χ1) is 12.8. The lowest BCUT2D eigenvalue weighted by atomic mass is 10.0. The summed E-state index contributed by atoms with van der Waals surface area (Å²) in [6, 6.07) is 8.91. The predicted molar refractivity (Wildman–Crippen MR) is 97.5 cm³/mol. The van der Waals surface area contributed by atoms with Crippen LogP contribution < -0.4 is 14.5 Å². The van der Waals surface area contributed by atoms with Gasteiger partial charge in [-0.3, -0.25) is 0 Å². The average molecular weight is 358 g/mol. The maximum atomic E-state index is 5.71. The van der Waals surface area contributed by atoms with Gasteiger partial charge in [-0.1, -0.05) is 25.0 Å². The number of quaternary nitrogens is 2. The zero-order valence-electron chi connectivity index (χ0n) is 15.8. The monoisotopic (exact) mass is 358 g/mol. The molecule has 7 heteroatoms. The van der Waals surface area contributed by atoms with Crippen LogP contribution in [0.1, 0.15) is 49.2 Å². The highest BCUT2D eigenvalue weighted by molar-refractivity contribution is 5.37. The normalized spacial score (nSPS) is 25.3. The first-order valence-corrected chi connectivity index (χ1v) is 9.84. The summed E-state index contributed by atoms with van der Waals surface area (Å²) < 4.78 is 7.82. The Balaban J connectivity index is 1.75. The van der Waals surface area contributed by atoms with Gasteiger partial charge in [-0.2, -0.15) is 0 Å². The standard InChI is InChI=1S/C19H28N6O/c1-23-11-13-24(14-12-23)18(16-9-5-6-10-17(16)26-2)19-20-21-22-25(19)15-7-3-4-8-15/h5-6,9-10,15,18H,3-4,7-8,11-14H2,1-2H3/p+2/t18-/m0/s1. The van der Waals surface area contributed by atoms with Crippen LogP contribution in [0.15, 0.2) is 24.3 Å². The first kappa shape index (κ1) is 17.4. The van der Waals surface area contributed by atoms with Gasteiger partial charge in [-0.25, -0.2) is 4.68 Å². The van der Waals surface area contributed by atoms with Crippen molar-refractivity contribution in [1.29, 1.82) is 0 Å². The minimum absolute atomic E-state index is 0.120. The second-order valence-corrected chi connectivity index (χ2v) is 7.71. The highest BCUT2D eigenvalue weighted by Gasteiger charge is 2.38. The number of tetrazole rings is 1. The Morgan fingerprint density at radius 2 is 1.85 bits per heavy atom. The summed E-state index contributed by atoms with van der Waals surface area (Å²) in [5.74, 6) is 1.92. The van der Waals surface area contributed by atoms with Gasteiger partial charge in [0.15, 0.2) is 6.04 Å². The molecule has 26 heavy (non-hydrogen) atoms. The van der Waals surface area contributed by atoms with Crippen LogP contribution in [0.2, 0.25) is 0 Å². The molecule has 2 aliphatic rings. The van der Waals surface area contributed by atoms with E-state index in [1.807, 2.05) is 12.1 Å². The Morgan fingerprint density at radius 3 is 2.58 bits per heavy atom. The molecule has 7 nitrogen and oxygen atoms in total. The third-order valence-corrected chi connectivity index (χ3v) is 6.05. The van der Waals surface area contributed by atoms with Gasteiger partial charge >= 0.3 is 0 Å². The van der Waals surface area contributed by atoms with Crippen LogP contribution in [-0.4, -0.2) is 60.5 Å². The van der Waals surface area contributed by atoms with Gasteiger partial charge in [0.2, 0.25) is 5.82 Å². The van der Waals surface area contributed by atoms with Crippen molar-refractivity contribution in [2.75, 3.05) is 40.3 Å². The smallest absolute Gasteiger partial charge is 0.214 e. The van der Waals surface area contributed by atoms with Crippen molar-refractivity contribution in [2.45, 2.75) is 37.8 Å². The SMILES string of the molecule is COc1ccccc1[C@@H](c1nnnn1C1CCCC1)[NH+]1CC[NH+](C)CC1. The number of ether oxygens (including phenoxy) is 1. The van der Waals surface area contributed by atoms with Crippen LogP contribution in [-0.2, 0) is 0 Å². The van der Waals surface area contributed by atoms with Gasteiger partial charge < -0.3 is 14.5 Å². The van der Waals surface area contributed by atoms with E-state index in [2.05, 4.69) is 39.4 Å². The van der Waals surface area contributed by atoms with E-state index in [9.17, 15) is 0 Å². The van der Waals surface area contributed by atoms with Crippen molar-refractivity contribution in [2.24, 2.45) is 0 Å². The Kier molecular flexibility index (Phi) is 5.17. The van der Waals surface area contributed by atoms with Gasteiger partial charge in [0.25, 0.3) is 0 Å². The summed E-state index contributed by atoms with van der Waals surface area (Å²) in [6.07, 6.45) is 4.90. The van der Waals surface area contributed by atoms with Gasteiger partial charge in [0.1, 0.15) is 31.9 Å². The van der Waals surface area contributed by atoms with E-state index in [0.717, 1.165) is 24.7 Å². The van der Waals surface area contributed by atoms with Crippen LogP contribution in [0.4, 0.5) is 0 Å². The Hall–Kier alpha value is -1.99. The van der Waals surface area contributed by atoms with E-state index in [-0.39, 0.29) is 6.04 Å². The predicted octanol–water partition coefficient (Wildman–Crippen LogP) is -0.701. The number of rotatable bonds is 5. The lowest BCUT2D eigenvalue weighted by Gasteiger charge is -2.33. The van der Waals surface area contributed by atoms with Crippen molar-refractivity contribution in [3.63, 3.8) is 0 Å². The number of likely N-dealkylation sites (N-methyl/N-ethyl adjacent to an activating group) is 1. The molecular formula is C19H30N6O+2. The third kappa shape index (κ3) is 3.33. The molecule has 2 N–H and O–H groups in total. The Morgan fingerprint density at radius 1 is 1.12 bits per heavy atom. The van der Waals surface area contributed by atoms with E-state index in [4.69, 9.17) is 4.74 Å². The number of hydrogen-bond acceptors (Lipinski definition) is 4. The van der Waals surface area contributed by atoms with Crippen LogP contribution >= 0.6 is 0 Å². The fraction of sp³-hybridized carbons (Fsp3) is 0.632. The second-order valence-electron chi connectivity index (χ2n) is 7.71. The molecule has 0 bridgehead atoms. The summed E-state index contributed by atoms with van der Waals surface area (Å²) in [4.78, 5) is 3.14. The topological polar surface area (TPSA) is 61.7 Å². The Bertz CT molecular complexity index is 718. The van der Waals surface area contributed by atoms with E-state index in [0.29, 0.717) is 6.04 Å². The maximum absolute atomic E-state index is 5.71. The number of methoxy groups -OCH3 is 1. The molecule has 1 aromatic heterocycles. The molecule has 1 aromatic carbocycles. The third-order valence-electron chi connectivity index (χ3n) is 6.05.